The molecule has 2 nitrogen and oxygen atoms in total. The lowest BCUT2D eigenvalue weighted by atomic mass is 10.0. The minimum Gasteiger partial charge on any atom is -0.365 e. The number of anilines is 1. The third-order valence-electron chi connectivity index (χ3n) is 2.88. The van der Waals surface area contributed by atoms with Gasteiger partial charge in [0.15, 0.2) is 6.29 Å². The smallest absolute Gasteiger partial charge is 0.265 e. The van der Waals surface area contributed by atoms with Gasteiger partial charge in [-0.2, -0.15) is 0 Å². The first-order valence-electron chi connectivity index (χ1n) is 5.40. The van der Waals surface area contributed by atoms with Gasteiger partial charge in [0.05, 0.1) is 12.1 Å². The number of carbonyl (C=O) groups excluding carboxylic acids is 1. The van der Waals surface area contributed by atoms with Crippen molar-refractivity contribution in [3.63, 3.8) is 0 Å². The highest BCUT2D eigenvalue weighted by Gasteiger charge is 2.35. The minimum absolute atomic E-state index is 0.0755. The van der Waals surface area contributed by atoms with E-state index < -0.39 is 5.92 Å². The van der Waals surface area contributed by atoms with E-state index in [4.69, 9.17) is 0 Å². The van der Waals surface area contributed by atoms with Crippen LogP contribution < -0.4 is 4.90 Å². The molecule has 1 aromatic rings. The fourth-order valence-corrected chi connectivity index (χ4v) is 2.54. The highest BCUT2D eigenvalue weighted by Crippen LogP contribution is 2.33. The molecule has 0 spiro atoms. The monoisotopic (exact) mass is 303 g/mol. The normalized spacial score (nSPS) is 19.1. The van der Waals surface area contributed by atoms with Gasteiger partial charge in [-0.05, 0) is 34.5 Å². The van der Waals surface area contributed by atoms with Gasteiger partial charge in [-0.3, -0.25) is 4.79 Å². The molecule has 0 bridgehead atoms. The first-order valence-corrected chi connectivity index (χ1v) is 6.19. The topological polar surface area (TPSA) is 20.3 Å². The number of hydrogen-bond donors (Lipinski definition) is 0. The highest BCUT2D eigenvalue weighted by molar-refractivity contribution is 9.10. The van der Waals surface area contributed by atoms with E-state index in [-0.39, 0.29) is 13.0 Å². The van der Waals surface area contributed by atoms with E-state index in [0.717, 1.165) is 0 Å². The molecule has 2 rings (SSSR count). The molecular weight excluding hydrogens is 292 g/mol. The molecule has 1 aromatic carbocycles. The van der Waals surface area contributed by atoms with Gasteiger partial charge in [-0.15, -0.1) is 0 Å². The maximum Gasteiger partial charge on any atom is 0.265 e. The third kappa shape index (κ3) is 2.65. The van der Waals surface area contributed by atoms with Gasteiger partial charge in [0.2, 0.25) is 0 Å². The summed E-state index contributed by atoms with van der Waals surface area (Å²) in [6.07, 6.45) is 1.07. The Hall–Kier alpha value is -0.970. The Morgan fingerprint density at radius 1 is 1.41 bits per heavy atom. The zero-order chi connectivity index (χ0) is 12.5. The largest absolute Gasteiger partial charge is 0.365 e. The van der Waals surface area contributed by atoms with Crippen LogP contribution in [-0.2, 0) is 0 Å². The Kier molecular flexibility index (Phi) is 3.47. The number of hydrogen-bond acceptors (Lipinski definition) is 2. The summed E-state index contributed by atoms with van der Waals surface area (Å²) in [5, 5.41) is 0. The molecule has 17 heavy (non-hydrogen) atoms. The first kappa shape index (κ1) is 12.5. The maximum absolute atomic E-state index is 13.3. The van der Waals surface area contributed by atoms with Gasteiger partial charge in [0.1, 0.15) is 0 Å². The van der Waals surface area contributed by atoms with Crippen molar-refractivity contribution in [3.8, 4) is 0 Å². The molecule has 1 heterocycles. The van der Waals surface area contributed by atoms with Crippen LogP contribution in [0.3, 0.4) is 0 Å². The summed E-state index contributed by atoms with van der Waals surface area (Å²) in [6.45, 7) is 0.247. The van der Waals surface area contributed by atoms with Crippen molar-refractivity contribution in [2.24, 2.45) is 0 Å². The van der Waals surface area contributed by atoms with Crippen molar-refractivity contribution in [1.82, 2.24) is 0 Å². The summed E-state index contributed by atoms with van der Waals surface area (Å²) >= 11 is 3.26. The molecule has 0 radical (unpaired) electrons. The van der Waals surface area contributed by atoms with Gasteiger partial charge in [0, 0.05) is 23.1 Å². The van der Waals surface area contributed by atoms with Crippen molar-refractivity contribution in [1.29, 1.82) is 0 Å². The number of piperidine rings is 1. The molecule has 92 valence electrons. The summed E-state index contributed by atoms with van der Waals surface area (Å²) in [7, 11) is 0. The van der Waals surface area contributed by atoms with Crippen LogP contribution >= 0.6 is 15.9 Å². The minimum atomic E-state index is -2.67. The lowest BCUT2D eigenvalue weighted by molar-refractivity contribution is -0.0117. The fraction of sp³-hybridized carbons (Fsp3) is 0.417. The third-order valence-corrected chi connectivity index (χ3v) is 3.57. The summed E-state index contributed by atoms with van der Waals surface area (Å²) < 4.78 is 27.3. The van der Waals surface area contributed by atoms with Crippen molar-refractivity contribution >= 4 is 27.9 Å². The molecule has 1 aliphatic heterocycles. The number of aldehydes is 1. The summed E-state index contributed by atoms with van der Waals surface area (Å²) in [5.41, 5.74) is 1.01. The number of carbonyl (C=O) groups is 1. The number of nitrogens with zero attached hydrogens (tertiary/aromatic N) is 1. The molecule has 0 unspecified atom stereocenters. The second-order valence-corrected chi connectivity index (χ2v) is 5.03. The maximum atomic E-state index is 13.3. The van der Waals surface area contributed by atoms with Crippen LogP contribution in [0.1, 0.15) is 23.2 Å². The van der Waals surface area contributed by atoms with Crippen LogP contribution in [0.15, 0.2) is 22.7 Å². The van der Waals surface area contributed by atoms with Crippen molar-refractivity contribution in [2.75, 3.05) is 18.0 Å². The fourth-order valence-electron chi connectivity index (χ4n) is 2.09. The van der Waals surface area contributed by atoms with Gasteiger partial charge >= 0.3 is 0 Å². The summed E-state index contributed by atoms with van der Waals surface area (Å²) in [5.74, 6) is -2.67. The molecular formula is C12H12BrF2NO. The van der Waals surface area contributed by atoms with Crippen molar-refractivity contribution in [3.05, 3.63) is 28.2 Å². The number of benzene rings is 1. The Morgan fingerprint density at radius 2 is 2.18 bits per heavy atom. The summed E-state index contributed by atoms with van der Waals surface area (Å²) in [6, 6.07) is 5.18. The summed E-state index contributed by atoms with van der Waals surface area (Å²) in [4.78, 5) is 12.6. The second-order valence-electron chi connectivity index (χ2n) is 4.17. The molecule has 1 fully saturated rings. The molecule has 0 aromatic heterocycles. The van der Waals surface area contributed by atoms with Gasteiger partial charge < -0.3 is 4.90 Å². The Balaban J connectivity index is 2.34. The van der Waals surface area contributed by atoms with E-state index in [9.17, 15) is 13.6 Å². The SMILES string of the molecule is O=Cc1c(Br)cccc1N1CCCC(F)(F)C1. The van der Waals surface area contributed by atoms with Crippen LogP contribution in [0.25, 0.3) is 0 Å². The van der Waals surface area contributed by atoms with Crippen LogP contribution in [0.5, 0.6) is 0 Å². The molecule has 0 amide bonds. The predicted molar refractivity (Wildman–Crippen MR) is 65.9 cm³/mol. The Bertz CT molecular complexity index is 437. The zero-order valence-electron chi connectivity index (χ0n) is 9.13. The number of halogens is 3. The van der Waals surface area contributed by atoms with Gasteiger partial charge in [-0.1, -0.05) is 6.07 Å². The van der Waals surface area contributed by atoms with Crippen molar-refractivity contribution in [2.45, 2.75) is 18.8 Å². The molecule has 1 saturated heterocycles. The average molecular weight is 304 g/mol. The number of rotatable bonds is 2. The Labute approximate surface area is 107 Å². The molecule has 5 heteroatoms. The standard InChI is InChI=1S/C12H12BrF2NO/c13-10-3-1-4-11(9(10)7-17)16-6-2-5-12(14,15)8-16/h1,3-4,7H,2,5-6,8H2. The van der Waals surface area contributed by atoms with Crippen molar-refractivity contribution < 1.29 is 13.6 Å². The van der Waals surface area contributed by atoms with Gasteiger partial charge in [-0.25, -0.2) is 8.78 Å². The molecule has 0 aliphatic carbocycles. The Morgan fingerprint density at radius 3 is 2.82 bits per heavy atom. The van der Waals surface area contributed by atoms with E-state index in [1.165, 1.54) is 0 Å². The quantitative estimate of drug-likeness (QED) is 0.780. The van der Waals surface area contributed by atoms with E-state index in [2.05, 4.69) is 15.9 Å². The average Bonchev–Trinajstić information content (AvgIpc) is 2.27. The van der Waals surface area contributed by atoms with E-state index in [1.807, 2.05) is 0 Å². The molecule has 1 aliphatic rings. The van der Waals surface area contributed by atoms with Crippen LogP contribution in [0.4, 0.5) is 14.5 Å². The first-order chi connectivity index (χ1) is 8.03. The highest BCUT2D eigenvalue weighted by atomic mass is 79.9. The van der Waals surface area contributed by atoms with Crippen LogP contribution in [0.2, 0.25) is 0 Å². The second kappa shape index (κ2) is 4.72. The predicted octanol–water partition coefficient (Wildman–Crippen LogP) is 3.50. The zero-order valence-corrected chi connectivity index (χ0v) is 10.7. The lowest BCUT2D eigenvalue weighted by Crippen LogP contribution is -2.43. The molecule has 0 atom stereocenters. The molecule has 0 saturated carbocycles. The van der Waals surface area contributed by atoms with Crippen LogP contribution in [-0.4, -0.2) is 25.3 Å². The number of alkyl halides is 2. The van der Waals surface area contributed by atoms with E-state index >= 15 is 0 Å². The van der Waals surface area contributed by atoms with Gasteiger partial charge in [0.25, 0.3) is 5.92 Å². The van der Waals surface area contributed by atoms with Crippen LogP contribution in [0, 0.1) is 0 Å². The van der Waals surface area contributed by atoms with E-state index in [0.29, 0.717) is 35.0 Å². The molecule has 0 N–H and O–H groups in total. The lowest BCUT2D eigenvalue weighted by Gasteiger charge is -2.34. The van der Waals surface area contributed by atoms with E-state index in [1.54, 1.807) is 23.1 Å².